The second-order valence-electron chi connectivity index (χ2n) is 4.82. The molecule has 0 radical (unpaired) electrons. The number of hydrogen-bond acceptors (Lipinski definition) is 3. The van der Waals surface area contributed by atoms with Gasteiger partial charge in [0.25, 0.3) is 0 Å². The van der Waals surface area contributed by atoms with Gasteiger partial charge in [0.05, 0.1) is 6.04 Å². The van der Waals surface area contributed by atoms with Crippen molar-refractivity contribution in [1.82, 2.24) is 14.9 Å². The van der Waals surface area contributed by atoms with E-state index in [2.05, 4.69) is 31.1 Å². The largest absolute Gasteiger partial charge is 0.396 e. The molecule has 1 aromatic heterocycles. The second-order valence-corrected chi connectivity index (χ2v) is 4.82. The van der Waals surface area contributed by atoms with Crippen LogP contribution in [0.4, 0.5) is 0 Å². The average Bonchev–Trinajstić information content (AvgIpc) is 2.72. The van der Waals surface area contributed by atoms with Crippen LogP contribution < -0.4 is 5.32 Å². The highest BCUT2D eigenvalue weighted by atomic mass is 16.3. The number of aliphatic hydroxyl groups excluding tert-OH is 1. The minimum atomic E-state index is -0.0422. The standard InChI is InChI=1S/C12H23N3O/c1-5-12(3,9-16)8-14-10(2)11-13-6-7-15(11)4/h6-7,10,14,16H,5,8-9H2,1-4H3. The lowest BCUT2D eigenvalue weighted by Crippen LogP contribution is -2.36. The number of nitrogens with one attached hydrogen (secondary N) is 1. The molecule has 16 heavy (non-hydrogen) atoms. The Kier molecular flexibility index (Phi) is 4.50. The average molecular weight is 225 g/mol. The maximum atomic E-state index is 9.32. The summed E-state index contributed by atoms with van der Waals surface area (Å²) < 4.78 is 2.01. The summed E-state index contributed by atoms with van der Waals surface area (Å²) in [5.74, 6) is 1.02. The van der Waals surface area contributed by atoms with E-state index in [1.807, 2.05) is 17.8 Å². The molecule has 92 valence electrons. The number of aromatic nitrogens is 2. The summed E-state index contributed by atoms with van der Waals surface area (Å²) >= 11 is 0. The summed E-state index contributed by atoms with van der Waals surface area (Å²) in [6, 6.07) is 0.206. The van der Waals surface area contributed by atoms with Crippen LogP contribution in [0.25, 0.3) is 0 Å². The van der Waals surface area contributed by atoms with Gasteiger partial charge in [-0.15, -0.1) is 0 Å². The molecule has 0 spiro atoms. The number of rotatable bonds is 6. The van der Waals surface area contributed by atoms with E-state index in [-0.39, 0.29) is 18.1 Å². The van der Waals surface area contributed by atoms with Crippen molar-refractivity contribution in [2.24, 2.45) is 12.5 Å². The summed E-state index contributed by atoms with van der Waals surface area (Å²) in [7, 11) is 1.99. The Morgan fingerprint density at radius 2 is 2.31 bits per heavy atom. The van der Waals surface area contributed by atoms with Gasteiger partial charge in [0, 0.05) is 38.0 Å². The third-order valence-corrected chi connectivity index (χ3v) is 3.32. The van der Waals surface area contributed by atoms with Crippen LogP contribution in [0.15, 0.2) is 12.4 Å². The Balaban J connectivity index is 2.53. The molecule has 0 bridgehead atoms. The van der Waals surface area contributed by atoms with E-state index < -0.39 is 0 Å². The zero-order valence-corrected chi connectivity index (χ0v) is 10.7. The van der Waals surface area contributed by atoms with Crippen LogP contribution in [0.5, 0.6) is 0 Å². The van der Waals surface area contributed by atoms with Crippen LogP contribution in [0.3, 0.4) is 0 Å². The van der Waals surface area contributed by atoms with Crippen LogP contribution in [0, 0.1) is 5.41 Å². The Hall–Kier alpha value is -0.870. The fourth-order valence-corrected chi connectivity index (χ4v) is 1.58. The number of nitrogens with zero attached hydrogens (tertiary/aromatic N) is 2. The number of aliphatic hydroxyl groups is 1. The molecule has 2 unspecified atom stereocenters. The monoisotopic (exact) mass is 225 g/mol. The van der Waals surface area contributed by atoms with Gasteiger partial charge in [0.2, 0.25) is 0 Å². The topological polar surface area (TPSA) is 50.1 Å². The summed E-state index contributed by atoms with van der Waals surface area (Å²) in [6.45, 7) is 7.29. The molecular formula is C12H23N3O. The van der Waals surface area contributed by atoms with E-state index in [9.17, 15) is 5.11 Å². The zero-order valence-electron chi connectivity index (χ0n) is 10.7. The molecule has 0 aliphatic rings. The van der Waals surface area contributed by atoms with Crippen molar-refractivity contribution in [3.8, 4) is 0 Å². The zero-order chi connectivity index (χ0) is 12.2. The van der Waals surface area contributed by atoms with Crippen LogP contribution >= 0.6 is 0 Å². The maximum Gasteiger partial charge on any atom is 0.125 e. The molecule has 0 amide bonds. The van der Waals surface area contributed by atoms with Gasteiger partial charge in [0.1, 0.15) is 5.82 Å². The van der Waals surface area contributed by atoms with Crippen molar-refractivity contribution in [2.75, 3.05) is 13.2 Å². The summed E-state index contributed by atoms with van der Waals surface area (Å²) in [5, 5.41) is 12.7. The van der Waals surface area contributed by atoms with E-state index in [0.717, 1.165) is 18.8 Å². The molecule has 0 aliphatic heterocycles. The molecule has 1 rings (SSSR count). The van der Waals surface area contributed by atoms with Crippen LogP contribution in [-0.4, -0.2) is 27.8 Å². The predicted molar refractivity (Wildman–Crippen MR) is 65.1 cm³/mol. The smallest absolute Gasteiger partial charge is 0.125 e. The van der Waals surface area contributed by atoms with Gasteiger partial charge in [-0.3, -0.25) is 0 Å². The predicted octanol–water partition coefficient (Wildman–Crippen LogP) is 1.48. The van der Waals surface area contributed by atoms with Gasteiger partial charge in [-0.1, -0.05) is 13.8 Å². The summed E-state index contributed by atoms with van der Waals surface area (Å²) in [6.07, 6.45) is 4.71. The van der Waals surface area contributed by atoms with Gasteiger partial charge in [0.15, 0.2) is 0 Å². The summed E-state index contributed by atoms with van der Waals surface area (Å²) in [5.41, 5.74) is -0.0422. The van der Waals surface area contributed by atoms with E-state index in [1.54, 1.807) is 6.20 Å². The molecule has 0 aliphatic carbocycles. The van der Waals surface area contributed by atoms with Gasteiger partial charge in [-0.05, 0) is 13.3 Å². The fourth-order valence-electron chi connectivity index (χ4n) is 1.58. The third kappa shape index (κ3) is 3.06. The first kappa shape index (κ1) is 13.2. The van der Waals surface area contributed by atoms with Gasteiger partial charge < -0.3 is 15.0 Å². The van der Waals surface area contributed by atoms with E-state index in [1.165, 1.54) is 0 Å². The fraction of sp³-hybridized carbons (Fsp3) is 0.750. The first-order chi connectivity index (χ1) is 7.52. The van der Waals surface area contributed by atoms with Crippen LogP contribution in [0.1, 0.15) is 39.1 Å². The van der Waals surface area contributed by atoms with Gasteiger partial charge in [-0.2, -0.15) is 0 Å². The lowest BCUT2D eigenvalue weighted by atomic mass is 9.88. The minimum absolute atomic E-state index is 0.0422. The van der Waals surface area contributed by atoms with E-state index in [4.69, 9.17) is 0 Å². The third-order valence-electron chi connectivity index (χ3n) is 3.32. The van der Waals surface area contributed by atoms with Crippen molar-refractivity contribution >= 4 is 0 Å². The first-order valence-electron chi connectivity index (χ1n) is 5.84. The van der Waals surface area contributed by atoms with Crippen molar-refractivity contribution in [3.05, 3.63) is 18.2 Å². The molecule has 4 nitrogen and oxygen atoms in total. The normalized spacial score (nSPS) is 17.1. The van der Waals surface area contributed by atoms with E-state index >= 15 is 0 Å². The SMILES string of the molecule is CCC(C)(CO)CNC(C)c1nccn1C. The Labute approximate surface area is 97.7 Å². The highest BCUT2D eigenvalue weighted by Gasteiger charge is 2.22. The first-order valence-corrected chi connectivity index (χ1v) is 5.84. The number of aryl methyl sites for hydroxylation is 1. The maximum absolute atomic E-state index is 9.32. The molecule has 1 heterocycles. The van der Waals surface area contributed by atoms with Gasteiger partial charge in [-0.25, -0.2) is 4.98 Å². The van der Waals surface area contributed by atoms with E-state index in [0.29, 0.717) is 0 Å². The second kappa shape index (κ2) is 5.46. The van der Waals surface area contributed by atoms with Crippen molar-refractivity contribution in [1.29, 1.82) is 0 Å². The molecule has 0 aromatic carbocycles. The lowest BCUT2D eigenvalue weighted by Gasteiger charge is -2.27. The minimum Gasteiger partial charge on any atom is -0.396 e. The molecule has 0 saturated heterocycles. The molecule has 0 saturated carbocycles. The molecule has 2 atom stereocenters. The van der Waals surface area contributed by atoms with Crippen LogP contribution in [0.2, 0.25) is 0 Å². The Morgan fingerprint density at radius 3 is 2.75 bits per heavy atom. The molecule has 1 aromatic rings. The molecular weight excluding hydrogens is 202 g/mol. The number of imidazole rings is 1. The number of hydrogen-bond donors (Lipinski definition) is 2. The summed E-state index contributed by atoms with van der Waals surface area (Å²) in [4.78, 5) is 4.31. The highest BCUT2D eigenvalue weighted by molar-refractivity contribution is 4.97. The lowest BCUT2D eigenvalue weighted by molar-refractivity contribution is 0.132. The quantitative estimate of drug-likeness (QED) is 0.771. The van der Waals surface area contributed by atoms with Crippen molar-refractivity contribution in [2.45, 2.75) is 33.2 Å². The molecule has 2 N–H and O–H groups in total. The highest BCUT2D eigenvalue weighted by Crippen LogP contribution is 2.20. The van der Waals surface area contributed by atoms with Gasteiger partial charge >= 0.3 is 0 Å². The molecule has 4 heteroatoms. The Morgan fingerprint density at radius 1 is 1.62 bits per heavy atom. The van der Waals surface area contributed by atoms with Crippen LogP contribution in [-0.2, 0) is 7.05 Å². The molecule has 0 fully saturated rings. The Bertz CT molecular complexity index is 318. The van der Waals surface area contributed by atoms with Crippen molar-refractivity contribution in [3.63, 3.8) is 0 Å². The van der Waals surface area contributed by atoms with Crippen molar-refractivity contribution < 1.29 is 5.11 Å².